The van der Waals surface area contributed by atoms with E-state index in [0.29, 0.717) is 36.0 Å². The zero-order chi connectivity index (χ0) is 13.1. The van der Waals surface area contributed by atoms with Gasteiger partial charge in [0.15, 0.2) is 0 Å². The maximum atomic E-state index is 11.9. The highest BCUT2D eigenvalue weighted by molar-refractivity contribution is 7.14. The predicted octanol–water partition coefficient (Wildman–Crippen LogP) is 2.52. The Morgan fingerprint density at radius 2 is 2.44 bits per heavy atom. The molecule has 2 rings (SSSR count). The van der Waals surface area contributed by atoms with Gasteiger partial charge in [-0.3, -0.25) is 4.79 Å². The van der Waals surface area contributed by atoms with Crippen molar-refractivity contribution in [3.8, 4) is 0 Å². The lowest BCUT2D eigenvalue weighted by Crippen LogP contribution is -2.25. The number of alkyl halides is 1. The predicted molar refractivity (Wildman–Crippen MR) is 71.5 cm³/mol. The first-order valence-electron chi connectivity index (χ1n) is 5.78. The molecule has 1 fully saturated rings. The van der Waals surface area contributed by atoms with E-state index < -0.39 is 0 Å². The molecule has 0 aromatic carbocycles. The van der Waals surface area contributed by atoms with Crippen LogP contribution in [-0.2, 0) is 9.53 Å². The van der Waals surface area contributed by atoms with Crippen molar-refractivity contribution >= 4 is 39.8 Å². The van der Waals surface area contributed by atoms with Crippen molar-refractivity contribution in [1.29, 1.82) is 0 Å². The lowest BCUT2D eigenvalue weighted by Gasteiger charge is -2.15. The first-order valence-corrected chi connectivity index (χ1v) is 7.19. The third-order valence-electron chi connectivity index (χ3n) is 2.81. The molecule has 1 amide bonds. The van der Waals surface area contributed by atoms with Crippen molar-refractivity contribution in [2.45, 2.75) is 13.3 Å². The molecule has 0 N–H and O–H groups in total. The molecule has 0 aliphatic carbocycles. The number of thiophene rings is 1. The number of anilines is 1. The van der Waals surface area contributed by atoms with Gasteiger partial charge in [-0.25, -0.2) is 4.79 Å². The van der Waals surface area contributed by atoms with Gasteiger partial charge in [0.25, 0.3) is 0 Å². The number of carbonyl (C=O) groups is 2. The van der Waals surface area contributed by atoms with Gasteiger partial charge in [0, 0.05) is 18.8 Å². The van der Waals surface area contributed by atoms with Crippen LogP contribution in [0, 0.1) is 5.92 Å². The Balaban J connectivity index is 2.21. The number of hydrogen-bond acceptors (Lipinski definition) is 4. The maximum Gasteiger partial charge on any atom is 0.341 e. The van der Waals surface area contributed by atoms with E-state index in [1.807, 2.05) is 0 Å². The topological polar surface area (TPSA) is 46.6 Å². The lowest BCUT2D eigenvalue weighted by molar-refractivity contribution is -0.117. The van der Waals surface area contributed by atoms with Gasteiger partial charge in [0.2, 0.25) is 5.91 Å². The second kappa shape index (κ2) is 5.71. The van der Waals surface area contributed by atoms with E-state index in [9.17, 15) is 9.59 Å². The molecule has 1 aromatic heterocycles. The summed E-state index contributed by atoms with van der Waals surface area (Å²) in [4.78, 5) is 25.3. The van der Waals surface area contributed by atoms with E-state index in [2.05, 4.69) is 0 Å². The van der Waals surface area contributed by atoms with Gasteiger partial charge in [-0.1, -0.05) is 0 Å². The Morgan fingerprint density at radius 1 is 1.67 bits per heavy atom. The number of ether oxygens (including phenoxy) is 1. The molecule has 0 radical (unpaired) electrons. The lowest BCUT2D eigenvalue weighted by atomic mass is 10.1. The summed E-state index contributed by atoms with van der Waals surface area (Å²) in [6, 6.07) is 1.69. The molecular weight excluding hydrogens is 274 g/mol. The van der Waals surface area contributed by atoms with E-state index in [4.69, 9.17) is 16.3 Å². The zero-order valence-corrected chi connectivity index (χ0v) is 11.6. The third kappa shape index (κ3) is 2.52. The number of halogens is 1. The van der Waals surface area contributed by atoms with E-state index in [0.717, 1.165) is 0 Å². The van der Waals surface area contributed by atoms with E-state index in [1.54, 1.807) is 23.3 Å². The van der Waals surface area contributed by atoms with Crippen LogP contribution in [-0.4, -0.2) is 30.9 Å². The molecule has 0 spiro atoms. The Morgan fingerprint density at radius 3 is 3.06 bits per heavy atom. The van der Waals surface area contributed by atoms with Crippen LogP contribution in [0.25, 0.3) is 0 Å². The van der Waals surface area contributed by atoms with Gasteiger partial charge in [-0.05, 0) is 24.3 Å². The van der Waals surface area contributed by atoms with Gasteiger partial charge >= 0.3 is 5.97 Å². The molecule has 1 atom stereocenters. The first-order chi connectivity index (χ1) is 8.67. The monoisotopic (exact) mass is 287 g/mol. The SMILES string of the molecule is CCOC(=O)c1ccsc1N1CC(CCl)CC1=O. The van der Waals surface area contributed by atoms with Crippen molar-refractivity contribution in [3.63, 3.8) is 0 Å². The van der Waals surface area contributed by atoms with Crippen molar-refractivity contribution < 1.29 is 14.3 Å². The zero-order valence-electron chi connectivity index (χ0n) is 10.0. The van der Waals surface area contributed by atoms with Crippen LogP contribution in [0.4, 0.5) is 5.00 Å². The minimum atomic E-state index is -0.379. The molecule has 4 nitrogen and oxygen atoms in total. The second-order valence-corrected chi connectivity index (χ2v) is 5.29. The summed E-state index contributed by atoms with van der Waals surface area (Å²) >= 11 is 7.16. The quantitative estimate of drug-likeness (QED) is 0.631. The number of carbonyl (C=O) groups excluding carboxylic acids is 2. The Kier molecular flexibility index (Phi) is 4.24. The minimum Gasteiger partial charge on any atom is -0.462 e. The highest BCUT2D eigenvalue weighted by atomic mass is 35.5. The summed E-state index contributed by atoms with van der Waals surface area (Å²) < 4.78 is 4.98. The third-order valence-corrected chi connectivity index (χ3v) is 4.18. The maximum absolute atomic E-state index is 11.9. The number of hydrogen-bond donors (Lipinski definition) is 0. The molecule has 2 heterocycles. The molecule has 98 valence electrons. The molecular formula is C12H14ClNO3S. The van der Waals surface area contributed by atoms with Gasteiger partial charge < -0.3 is 9.64 Å². The molecule has 6 heteroatoms. The molecule has 18 heavy (non-hydrogen) atoms. The van der Waals surface area contributed by atoms with E-state index in [1.165, 1.54) is 11.3 Å². The van der Waals surface area contributed by atoms with Crippen LogP contribution in [0.3, 0.4) is 0 Å². The summed E-state index contributed by atoms with van der Waals surface area (Å²) in [7, 11) is 0. The first kappa shape index (κ1) is 13.4. The van der Waals surface area contributed by atoms with Gasteiger partial charge in [0.1, 0.15) is 5.00 Å². The number of rotatable bonds is 4. The van der Waals surface area contributed by atoms with E-state index in [-0.39, 0.29) is 17.8 Å². The summed E-state index contributed by atoms with van der Waals surface area (Å²) in [6.07, 6.45) is 0.448. The van der Waals surface area contributed by atoms with Crippen molar-refractivity contribution in [1.82, 2.24) is 0 Å². The number of nitrogens with zero attached hydrogens (tertiary/aromatic N) is 1. The highest BCUT2D eigenvalue weighted by Gasteiger charge is 2.33. The average Bonchev–Trinajstić information content (AvgIpc) is 2.94. The van der Waals surface area contributed by atoms with Crippen molar-refractivity contribution in [2.75, 3.05) is 23.9 Å². The van der Waals surface area contributed by atoms with Crippen molar-refractivity contribution in [2.24, 2.45) is 5.92 Å². The Labute approximate surface area is 114 Å². The normalized spacial score (nSPS) is 19.3. The second-order valence-electron chi connectivity index (χ2n) is 4.09. The standard InChI is InChI=1S/C12H14ClNO3S/c1-2-17-12(16)9-3-4-18-11(9)14-7-8(6-13)5-10(14)15/h3-4,8H,2,5-7H2,1H3. The smallest absolute Gasteiger partial charge is 0.341 e. The summed E-state index contributed by atoms with van der Waals surface area (Å²) in [6.45, 7) is 2.66. The van der Waals surface area contributed by atoms with Gasteiger partial charge in [-0.15, -0.1) is 22.9 Å². The summed E-state index contributed by atoms with van der Waals surface area (Å²) in [5.74, 6) is 0.267. The molecule has 0 bridgehead atoms. The van der Waals surface area contributed by atoms with Crippen LogP contribution < -0.4 is 4.90 Å². The number of esters is 1. The fourth-order valence-electron chi connectivity index (χ4n) is 1.96. The molecule has 0 saturated carbocycles. The fourth-order valence-corrected chi connectivity index (χ4v) is 3.08. The molecule has 1 aliphatic heterocycles. The molecule has 1 saturated heterocycles. The van der Waals surface area contributed by atoms with Crippen LogP contribution >= 0.6 is 22.9 Å². The molecule has 1 aliphatic rings. The number of amides is 1. The van der Waals surface area contributed by atoms with Gasteiger partial charge in [-0.2, -0.15) is 0 Å². The van der Waals surface area contributed by atoms with Crippen LogP contribution in [0.5, 0.6) is 0 Å². The Hall–Kier alpha value is -1.07. The molecule has 1 unspecified atom stereocenters. The average molecular weight is 288 g/mol. The summed E-state index contributed by atoms with van der Waals surface area (Å²) in [5, 5.41) is 2.47. The Bertz CT molecular complexity index is 460. The summed E-state index contributed by atoms with van der Waals surface area (Å²) in [5.41, 5.74) is 0.463. The van der Waals surface area contributed by atoms with Crippen molar-refractivity contribution in [3.05, 3.63) is 17.0 Å². The van der Waals surface area contributed by atoms with Crippen LogP contribution in [0.2, 0.25) is 0 Å². The van der Waals surface area contributed by atoms with E-state index >= 15 is 0 Å². The fraction of sp³-hybridized carbons (Fsp3) is 0.500. The van der Waals surface area contributed by atoms with Crippen LogP contribution in [0.15, 0.2) is 11.4 Å². The molecule has 1 aromatic rings. The minimum absolute atomic E-state index is 0.0219. The highest BCUT2D eigenvalue weighted by Crippen LogP contribution is 2.33. The van der Waals surface area contributed by atoms with Gasteiger partial charge in [0.05, 0.1) is 12.2 Å². The van der Waals surface area contributed by atoms with Crippen LogP contribution in [0.1, 0.15) is 23.7 Å². The largest absolute Gasteiger partial charge is 0.462 e.